The number of nitrogens with one attached hydrogen (secondary N) is 2. The van der Waals surface area contributed by atoms with E-state index in [-0.39, 0.29) is 11.9 Å². The highest BCUT2D eigenvalue weighted by Crippen LogP contribution is 2.28. The van der Waals surface area contributed by atoms with Gasteiger partial charge in [0.2, 0.25) is 0 Å². The summed E-state index contributed by atoms with van der Waals surface area (Å²) >= 11 is 0. The molecule has 27 heavy (non-hydrogen) atoms. The first kappa shape index (κ1) is 17.3. The SMILES string of the molecule is Cc1cnc(N)cc1C(=O)NC1CCN(c2ncnc3[nH]cc(C)c23)CC1. The molecule has 1 aliphatic heterocycles. The van der Waals surface area contributed by atoms with Crippen LogP contribution >= 0.6 is 0 Å². The number of aromatic amines is 1. The summed E-state index contributed by atoms with van der Waals surface area (Å²) in [6, 6.07) is 1.76. The average molecular weight is 365 g/mol. The lowest BCUT2D eigenvalue weighted by Gasteiger charge is -2.33. The Kier molecular flexibility index (Phi) is 4.39. The largest absolute Gasteiger partial charge is 0.384 e. The first-order valence-corrected chi connectivity index (χ1v) is 9.09. The molecule has 4 heterocycles. The van der Waals surface area contributed by atoms with Crippen LogP contribution in [0.5, 0.6) is 0 Å². The number of H-pyrrole nitrogens is 1. The summed E-state index contributed by atoms with van der Waals surface area (Å²) in [7, 11) is 0. The molecule has 0 aliphatic carbocycles. The molecule has 4 rings (SSSR count). The summed E-state index contributed by atoms with van der Waals surface area (Å²) in [5.74, 6) is 1.22. The Balaban J connectivity index is 1.44. The highest BCUT2D eigenvalue weighted by atomic mass is 16.1. The highest BCUT2D eigenvalue weighted by molar-refractivity contribution is 5.96. The van der Waals surface area contributed by atoms with E-state index < -0.39 is 0 Å². The Morgan fingerprint density at radius 3 is 2.78 bits per heavy atom. The van der Waals surface area contributed by atoms with Crippen LogP contribution in [0.3, 0.4) is 0 Å². The minimum Gasteiger partial charge on any atom is -0.384 e. The van der Waals surface area contributed by atoms with Gasteiger partial charge in [-0.3, -0.25) is 4.79 Å². The first-order chi connectivity index (χ1) is 13.0. The van der Waals surface area contributed by atoms with Crippen LogP contribution in [0.25, 0.3) is 11.0 Å². The normalized spacial score (nSPS) is 15.3. The van der Waals surface area contributed by atoms with Gasteiger partial charge in [-0.25, -0.2) is 15.0 Å². The second-order valence-corrected chi connectivity index (χ2v) is 7.05. The fourth-order valence-electron chi connectivity index (χ4n) is 3.62. The maximum atomic E-state index is 12.6. The maximum Gasteiger partial charge on any atom is 0.251 e. The molecule has 1 amide bonds. The molecule has 3 aromatic rings. The van der Waals surface area contributed by atoms with Crippen LogP contribution in [0.1, 0.15) is 34.3 Å². The number of nitrogens with zero attached hydrogens (tertiary/aromatic N) is 4. The third-order valence-corrected chi connectivity index (χ3v) is 5.15. The summed E-state index contributed by atoms with van der Waals surface area (Å²) in [6.45, 7) is 5.59. The van der Waals surface area contributed by atoms with E-state index in [9.17, 15) is 4.79 Å². The number of carbonyl (C=O) groups is 1. The van der Waals surface area contributed by atoms with Gasteiger partial charge in [0, 0.05) is 37.1 Å². The first-order valence-electron chi connectivity index (χ1n) is 9.09. The van der Waals surface area contributed by atoms with E-state index in [0.29, 0.717) is 11.4 Å². The number of amides is 1. The lowest BCUT2D eigenvalue weighted by molar-refractivity contribution is 0.0930. The van der Waals surface area contributed by atoms with E-state index in [1.54, 1.807) is 18.6 Å². The Morgan fingerprint density at radius 1 is 1.22 bits per heavy atom. The number of aryl methyl sites for hydroxylation is 2. The molecule has 1 aliphatic rings. The number of rotatable bonds is 3. The average Bonchev–Trinajstić information content (AvgIpc) is 3.05. The van der Waals surface area contributed by atoms with Gasteiger partial charge >= 0.3 is 0 Å². The predicted molar refractivity (Wildman–Crippen MR) is 105 cm³/mol. The molecule has 0 spiro atoms. The monoisotopic (exact) mass is 365 g/mol. The van der Waals surface area contributed by atoms with E-state index >= 15 is 0 Å². The van der Waals surface area contributed by atoms with E-state index in [1.165, 1.54) is 0 Å². The fraction of sp³-hybridized carbons (Fsp3) is 0.368. The zero-order chi connectivity index (χ0) is 19.0. The van der Waals surface area contributed by atoms with Crippen LogP contribution in [0.4, 0.5) is 11.6 Å². The molecule has 1 saturated heterocycles. The van der Waals surface area contributed by atoms with Gasteiger partial charge in [-0.2, -0.15) is 0 Å². The summed E-state index contributed by atoms with van der Waals surface area (Å²) in [6.07, 6.45) is 6.91. The molecule has 1 fully saturated rings. The van der Waals surface area contributed by atoms with Gasteiger partial charge < -0.3 is 20.9 Å². The number of hydrogen-bond donors (Lipinski definition) is 3. The van der Waals surface area contributed by atoms with Crippen LogP contribution in [0.15, 0.2) is 24.8 Å². The second-order valence-electron chi connectivity index (χ2n) is 7.05. The van der Waals surface area contributed by atoms with Crippen molar-refractivity contribution in [3.8, 4) is 0 Å². The Morgan fingerprint density at radius 2 is 2.00 bits per heavy atom. The Hall–Kier alpha value is -3.16. The number of fused-ring (bicyclic) bond motifs is 1. The number of hydrogen-bond acceptors (Lipinski definition) is 6. The van der Waals surface area contributed by atoms with Gasteiger partial charge in [-0.05, 0) is 43.9 Å². The van der Waals surface area contributed by atoms with E-state index in [1.807, 2.05) is 13.1 Å². The smallest absolute Gasteiger partial charge is 0.251 e. The van der Waals surface area contributed by atoms with Gasteiger partial charge in [-0.1, -0.05) is 0 Å². The Labute approximate surface area is 157 Å². The zero-order valence-corrected chi connectivity index (χ0v) is 15.5. The number of pyridine rings is 1. The fourth-order valence-corrected chi connectivity index (χ4v) is 3.62. The van der Waals surface area contributed by atoms with E-state index in [0.717, 1.165) is 53.9 Å². The third kappa shape index (κ3) is 3.30. The minimum atomic E-state index is -0.0917. The predicted octanol–water partition coefficient (Wildman–Crippen LogP) is 1.95. The summed E-state index contributed by atoms with van der Waals surface area (Å²) in [5.41, 5.74) is 9.13. The van der Waals surface area contributed by atoms with E-state index in [2.05, 4.69) is 37.1 Å². The molecule has 0 bridgehead atoms. The van der Waals surface area contributed by atoms with Crippen molar-refractivity contribution in [2.45, 2.75) is 32.7 Å². The highest BCUT2D eigenvalue weighted by Gasteiger charge is 2.24. The third-order valence-electron chi connectivity index (χ3n) is 5.15. The van der Waals surface area contributed by atoms with Crippen molar-refractivity contribution in [3.05, 3.63) is 41.5 Å². The number of anilines is 2. The van der Waals surface area contributed by atoms with E-state index in [4.69, 9.17) is 5.73 Å². The lowest BCUT2D eigenvalue weighted by Crippen LogP contribution is -2.45. The molecule has 4 N–H and O–H groups in total. The molecule has 3 aromatic heterocycles. The van der Waals surface area contributed by atoms with Gasteiger partial charge in [0.15, 0.2) is 0 Å². The number of nitrogens with two attached hydrogens (primary N) is 1. The van der Waals surface area contributed by atoms with Crippen molar-refractivity contribution in [1.82, 2.24) is 25.3 Å². The van der Waals surface area contributed by atoms with Gasteiger partial charge in [0.05, 0.1) is 5.39 Å². The summed E-state index contributed by atoms with van der Waals surface area (Å²) in [4.78, 5) is 30.9. The zero-order valence-electron chi connectivity index (χ0n) is 15.5. The molecular weight excluding hydrogens is 342 g/mol. The van der Waals surface area contributed by atoms with Crippen LogP contribution in [0.2, 0.25) is 0 Å². The maximum absolute atomic E-state index is 12.6. The number of carbonyl (C=O) groups excluding carboxylic acids is 1. The molecule has 8 nitrogen and oxygen atoms in total. The molecular formula is C19H23N7O. The van der Waals surface area contributed by atoms with Crippen molar-refractivity contribution in [2.75, 3.05) is 23.7 Å². The van der Waals surface area contributed by atoms with Crippen molar-refractivity contribution >= 4 is 28.6 Å². The molecule has 0 unspecified atom stereocenters. The van der Waals surface area contributed by atoms with Crippen molar-refractivity contribution in [2.24, 2.45) is 0 Å². The number of piperidine rings is 1. The number of nitrogen functional groups attached to an aromatic ring is 1. The van der Waals surface area contributed by atoms with Crippen molar-refractivity contribution in [1.29, 1.82) is 0 Å². The van der Waals surface area contributed by atoms with Crippen LogP contribution in [-0.4, -0.2) is 45.0 Å². The van der Waals surface area contributed by atoms with Crippen LogP contribution in [-0.2, 0) is 0 Å². The summed E-state index contributed by atoms with van der Waals surface area (Å²) in [5, 5.41) is 4.20. The van der Waals surface area contributed by atoms with Crippen molar-refractivity contribution in [3.63, 3.8) is 0 Å². The summed E-state index contributed by atoms with van der Waals surface area (Å²) < 4.78 is 0. The van der Waals surface area contributed by atoms with Crippen molar-refractivity contribution < 1.29 is 4.79 Å². The molecule has 0 radical (unpaired) electrons. The van der Waals surface area contributed by atoms with Gasteiger partial charge in [0.1, 0.15) is 23.6 Å². The molecule has 140 valence electrons. The molecule has 0 aromatic carbocycles. The molecule has 8 heteroatoms. The Bertz CT molecular complexity index is 989. The lowest BCUT2D eigenvalue weighted by atomic mass is 10.0. The van der Waals surface area contributed by atoms with Crippen LogP contribution < -0.4 is 16.0 Å². The minimum absolute atomic E-state index is 0.0917. The number of aromatic nitrogens is 4. The van der Waals surface area contributed by atoms with Crippen LogP contribution in [0, 0.1) is 13.8 Å². The second kappa shape index (κ2) is 6.86. The van der Waals surface area contributed by atoms with Gasteiger partial charge in [0.25, 0.3) is 5.91 Å². The quantitative estimate of drug-likeness (QED) is 0.654. The molecule has 0 saturated carbocycles. The van der Waals surface area contributed by atoms with Gasteiger partial charge in [-0.15, -0.1) is 0 Å². The molecule has 0 atom stereocenters. The topological polar surface area (TPSA) is 113 Å². The standard InChI is InChI=1S/C19H23N7O/c1-11-8-21-15(20)7-14(11)19(27)25-13-3-5-26(6-4-13)18-16-12(2)9-22-17(16)23-10-24-18/h7-10,13H,3-6H2,1-2H3,(H2,20,21)(H,25,27)(H,22,23,24).